The van der Waals surface area contributed by atoms with Crippen LogP contribution in [-0.2, 0) is 0 Å². The van der Waals surface area contributed by atoms with E-state index in [1.54, 1.807) is 6.07 Å². The molecule has 1 aliphatic carbocycles. The van der Waals surface area contributed by atoms with Crippen LogP contribution in [0.15, 0.2) is 30.3 Å². The molecular weight excluding hydrogens is 352 g/mol. The number of phenolic OH excluding ortho intramolecular Hbond substituents is 1. The molecule has 1 unspecified atom stereocenters. The van der Waals surface area contributed by atoms with Gasteiger partial charge >= 0.3 is 0 Å². The van der Waals surface area contributed by atoms with Crippen molar-refractivity contribution in [2.24, 2.45) is 5.41 Å². The molecule has 6 rings (SSSR count). The first-order chi connectivity index (χ1) is 13.7. The van der Waals surface area contributed by atoms with Crippen molar-refractivity contribution in [1.82, 2.24) is 20.4 Å². The highest BCUT2D eigenvalue weighted by Gasteiger charge is 2.51. The lowest BCUT2D eigenvalue weighted by atomic mass is 9.61. The average Bonchev–Trinajstić information content (AvgIpc) is 2.65. The van der Waals surface area contributed by atoms with Gasteiger partial charge in [0.1, 0.15) is 5.75 Å². The Bertz CT molecular complexity index is 906. The highest BCUT2D eigenvalue weighted by Crippen LogP contribution is 2.47. The smallest absolute Gasteiger partial charge is 0.172 e. The van der Waals surface area contributed by atoms with Gasteiger partial charge in [-0.15, -0.1) is 10.2 Å². The topological polar surface area (TPSA) is 76.5 Å². The predicted molar refractivity (Wildman–Crippen MR) is 109 cm³/mol. The van der Waals surface area contributed by atoms with E-state index in [1.165, 1.54) is 25.9 Å². The fourth-order valence-corrected chi connectivity index (χ4v) is 5.43. The minimum atomic E-state index is 0.242. The summed E-state index contributed by atoms with van der Waals surface area (Å²) in [5, 5.41) is 25.9. The minimum Gasteiger partial charge on any atom is -0.507 e. The maximum absolute atomic E-state index is 10.2. The maximum Gasteiger partial charge on any atom is 0.172 e. The largest absolute Gasteiger partial charge is 0.507 e. The molecule has 1 aromatic carbocycles. The monoisotopic (exact) mass is 378 g/mol. The van der Waals surface area contributed by atoms with Gasteiger partial charge in [-0.3, -0.25) is 4.90 Å². The van der Waals surface area contributed by atoms with Gasteiger partial charge in [-0.2, -0.15) is 0 Å². The number of anilines is 2. The molecule has 0 bridgehead atoms. The van der Waals surface area contributed by atoms with Crippen molar-refractivity contribution in [2.45, 2.75) is 24.9 Å². The van der Waals surface area contributed by atoms with Gasteiger partial charge in [0.05, 0.1) is 17.4 Å². The van der Waals surface area contributed by atoms with Gasteiger partial charge in [-0.1, -0.05) is 12.1 Å². The summed E-state index contributed by atoms with van der Waals surface area (Å²) in [6.45, 7) is 6.58. The van der Waals surface area contributed by atoms with E-state index in [9.17, 15) is 5.11 Å². The summed E-state index contributed by atoms with van der Waals surface area (Å²) in [5.41, 5.74) is 3.19. The van der Waals surface area contributed by atoms with Crippen molar-refractivity contribution >= 4 is 11.5 Å². The van der Waals surface area contributed by atoms with Gasteiger partial charge in [0.2, 0.25) is 0 Å². The quantitative estimate of drug-likeness (QED) is 0.731. The van der Waals surface area contributed by atoms with Gasteiger partial charge in [-0.05, 0) is 36.5 Å². The predicted octanol–water partition coefficient (Wildman–Crippen LogP) is 1.52. The fraction of sp³-hybridized carbons (Fsp3) is 0.524. The number of rotatable bonds is 2. The number of hydrogen-bond acceptors (Lipinski definition) is 7. The van der Waals surface area contributed by atoms with Crippen LogP contribution in [0.1, 0.15) is 12.8 Å². The van der Waals surface area contributed by atoms with Crippen LogP contribution in [-0.4, -0.2) is 71.6 Å². The maximum atomic E-state index is 10.2. The molecule has 4 heterocycles. The Kier molecular flexibility index (Phi) is 3.58. The number of nitrogens with one attached hydrogen (secondary N) is 2. The highest BCUT2D eigenvalue weighted by molar-refractivity contribution is 5.76. The second-order valence-electron chi connectivity index (χ2n) is 8.87. The third-order valence-corrected chi connectivity index (χ3v) is 7.14. The van der Waals surface area contributed by atoms with Crippen LogP contribution in [0.25, 0.3) is 11.3 Å². The molecule has 2 saturated heterocycles. The molecule has 3 fully saturated rings. The number of aromatic hydroxyl groups is 1. The first-order valence-corrected chi connectivity index (χ1v) is 10.3. The van der Waals surface area contributed by atoms with Crippen molar-refractivity contribution in [3.63, 3.8) is 0 Å². The summed E-state index contributed by atoms with van der Waals surface area (Å²) in [4.78, 5) is 5.19. The number of para-hydroxylation sites is 1. The van der Waals surface area contributed by atoms with Gasteiger partial charge in [0.15, 0.2) is 5.82 Å². The Balaban J connectivity index is 1.22. The van der Waals surface area contributed by atoms with Crippen molar-refractivity contribution in [3.05, 3.63) is 30.3 Å². The number of hydrogen-bond donors (Lipinski definition) is 3. The summed E-state index contributed by atoms with van der Waals surface area (Å²) in [7, 11) is 0. The van der Waals surface area contributed by atoms with Crippen LogP contribution in [0.5, 0.6) is 5.75 Å². The van der Waals surface area contributed by atoms with Crippen LogP contribution in [0.2, 0.25) is 0 Å². The van der Waals surface area contributed by atoms with E-state index in [1.807, 2.05) is 18.2 Å². The number of phenols is 1. The normalized spacial score (nSPS) is 26.0. The number of nitrogens with zero attached hydrogens (tertiary/aromatic N) is 4. The van der Waals surface area contributed by atoms with E-state index >= 15 is 0 Å². The lowest BCUT2D eigenvalue weighted by Crippen LogP contribution is -2.68. The molecule has 7 heteroatoms. The van der Waals surface area contributed by atoms with Crippen LogP contribution in [0.3, 0.4) is 0 Å². The highest BCUT2D eigenvalue weighted by atomic mass is 16.3. The Morgan fingerprint density at radius 1 is 1.07 bits per heavy atom. The molecule has 1 atom stereocenters. The first kappa shape index (κ1) is 16.6. The zero-order valence-corrected chi connectivity index (χ0v) is 15.9. The Morgan fingerprint density at radius 3 is 2.71 bits per heavy atom. The summed E-state index contributed by atoms with van der Waals surface area (Å²) in [6.07, 6.45) is 2.72. The minimum absolute atomic E-state index is 0.242. The molecule has 28 heavy (non-hydrogen) atoms. The lowest BCUT2D eigenvalue weighted by molar-refractivity contribution is -0.0412. The van der Waals surface area contributed by atoms with Crippen molar-refractivity contribution in [3.8, 4) is 17.0 Å². The van der Waals surface area contributed by atoms with Crippen molar-refractivity contribution in [2.75, 3.05) is 49.5 Å². The molecular formula is C21H26N6O. The van der Waals surface area contributed by atoms with Gasteiger partial charge < -0.3 is 20.6 Å². The first-order valence-electron chi connectivity index (χ1n) is 10.3. The Labute approximate surface area is 164 Å². The average molecular weight is 378 g/mol. The summed E-state index contributed by atoms with van der Waals surface area (Å²) in [6, 6.07) is 10.6. The van der Waals surface area contributed by atoms with Crippen molar-refractivity contribution in [1.29, 1.82) is 0 Å². The molecule has 4 aliphatic rings. The molecule has 3 aliphatic heterocycles. The molecule has 7 nitrogen and oxygen atoms in total. The molecule has 3 N–H and O–H groups in total. The van der Waals surface area contributed by atoms with Crippen LogP contribution < -0.4 is 15.5 Å². The zero-order valence-electron chi connectivity index (χ0n) is 15.9. The van der Waals surface area contributed by atoms with E-state index in [0.717, 1.165) is 55.0 Å². The third kappa shape index (κ3) is 2.49. The number of piperazine rings is 1. The number of benzene rings is 1. The Hall–Kier alpha value is -2.38. The number of fused-ring (bicyclic) bond motifs is 3. The van der Waals surface area contributed by atoms with Crippen LogP contribution in [0, 0.1) is 5.41 Å². The Morgan fingerprint density at radius 2 is 1.93 bits per heavy atom. The van der Waals surface area contributed by atoms with E-state index in [4.69, 9.17) is 0 Å². The molecule has 1 aromatic heterocycles. The van der Waals surface area contributed by atoms with E-state index in [0.29, 0.717) is 11.5 Å². The van der Waals surface area contributed by atoms with E-state index in [-0.39, 0.29) is 5.75 Å². The number of aromatic nitrogens is 2. The summed E-state index contributed by atoms with van der Waals surface area (Å²) in [5.74, 6) is 1.10. The molecule has 0 radical (unpaired) electrons. The molecule has 1 saturated carbocycles. The van der Waals surface area contributed by atoms with E-state index in [2.05, 4.69) is 36.7 Å². The summed E-state index contributed by atoms with van der Waals surface area (Å²) < 4.78 is 0. The molecule has 2 aromatic rings. The molecule has 0 amide bonds. The SMILES string of the molecule is Oc1ccccc1-c1cc2c(nn1)NCC1CN(C3CC4(CNC4)C3)CCN21. The third-order valence-electron chi connectivity index (χ3n) is 7.14. The second kappa shape index (κ2) is 6.06. The summed E-state index contributed by atoms with van der Waals surface area (Å²) >= 11 is 0. The second-order valence-corrected chi connectivity index (χ2v) is 8.87. The van der Waals surface area contributed by atoms with Crippen LogP contribution in [0.4, 0.5) is 11.5 Å². The van der Waals surface area contributed by atoms with Gasteiger partial charge in [0.25, 0.3) is 0 Å². The molecule has 146 valence electrons. The van der Waals surface area contributed by atoms with Crippen molar-refractivity contribution < 1.29 is 5.11 Å². The standard InChI is InChI=1S/C21H26N6O/c28-19-4-2-1-3-16(19)17-7-18-20(25-24-17)23-10-15-11-26(5-6-27(15)18)14-8-21(9-14)12-22-13-21/h1-4,7,14-15,22,28H,5-6,8-13H2,(H,23,25). The van der Waals surface area contributed by atoms with Gasteiger partial charge in [0, 0.05) is 50.9 Å². The van der Waals surface area contributed by atoms with E-state index < -0.39 is 0 Å². The van der Waals surface area contributed by atoms with Crippen LogP contribution >= 0.6 is 0 Å². The fourth-order valence-electron chi connectivity index (χ4n) is 5.43. The zero-order chi connectivity index (χ0) is 18.7. The lowest BCUT2D eigenvalue weighted by Gasteiger charge is -2.59. The molecule has 1 spiro atoms. The van der Waals surface area contributed by atoms with Gasteiger partial charge in [-0.25, -0.2) is 0 Å².